The molecule has 0 saturated heterocycles. The molecule has 5 heteroatoms. The number of benzene rings is 2. The van der Waals surface area contributed by atoms with E-state index in [0.29, 0.717) is 24.1 Å². The molecule has 2 atom stereocenters. The van der Waals surface area contributed by atoms with Crippen molar-refractivity contribution in [3.63, 3.8) is 0 Å². The number of anilines is 1. The summed E-state index contributed by atoms with van der Waals surface area (Å²) in [6.07, 6.45) is 0.516. The van der Waals surface area contributed by atoms with Gasteiger partial charge < -0.3 is 15.7 Å². The van der Waals surface area contributed by atoms with Crippen LogP contribution in [-0.2, 0) is 11.2 Å². The first-order chi connectivity index (χ1) is 10.7. The van der Waals surface area contributed by atoms with Gasteiger partial charge in [-0.2, -0.15) is 0 Å². The Labute approximate surface area is 128 Å². The largest absolute Gasteiger partial charge is 0.390 e. The Morgan fingerprint density at radius 2 is 1.86 bits per heavy atom. The van der Waals surface area contributed by atoms with Gasteiger partial charge in [0.2, 0.25) is 6.41 Å². The maximum absolute atomic E-state index is 12.3. The Hall–Kier alpha value is -2.66. The third kappa shape index (κ3) is 2.71. The van der Waals surface area contributed by atoms with E-state index in [2.05, 4.69) is 10.6 Å². The van der Waals surface area contributed by atoms with E-state index in [0.717, 1.165) is 11.1 Å². The summed E-state index contributed by atoms with van der Waals surface area (Å²) in [4.78, 5) is 22.7. The first-order valence-electron chi connectivity index (χ1n) is 7.06. The number of carbonyl (C=O) groups is 2. The molecule has 3 rings (SSSR count). The molecule has 0 heterocycles. The van der Waals surface area contributed by atoms with Gasteiger partial charge in [0.05, 0.1) is 12.1 Å². The van der Waals surface area contributed by atoms with E-state index in [1.54, 1.807) is 24.3 Å². The zero-order valence-electron chi connectivity index (χ0n) is 11.8. The number of hydrogen-bond donors (Lipinski definition) is 3. The topological polar surface area (TPSA) is 78.4 Å². The molecule has 1 aliphatic rings. The van der Waals surface area contributed by atoms with Gasteiger partial charge in [-0.3, -0.25) is 9.59 Å². The van der Waals surface area contributed by atoms with E-state index in [4.69, 9.17) is 0 Å². The number of aliphatic hydroxyl groups is 1. The van der Waals surface area contributed by atoms with Crippen molar-refractivity contribution in [1.29, 1.82) is 0 Å². The molecule has 22 heavy (non-hydrogen) atoms. The van der Waals surface area contributed by atoms with Crippen molar-refractivity contribution in [1.82, 2.24) is 5.32 Å². The Morgan fingerprint density at radius 1 is 1.14 bits per heavy atom. The van der Waals surface area contributed by atoms with Gasteiger partial charge >= 0.3 is 0 Å². The van der Waals surface area contributed by atoms with Crippen molar-refractivity contribution in [3.05, 3.63) is 65.2 Å². The second kappa shape index (κ2) is 5.99. The quantitative estimate of drug-likeness (QED) is 0.751. The SMILES string of the molecule is O=CNc1ccc(C(=O)NC2c3ccccc3CC2O)cc1. The van der Waals surface area contributed by atoms with Gasteiger partial charge in [0.15, 0.2) is 0 Å². The number of aliphatic hydroxyl groups excluding tert-OH is 1. The molecule has 2 aromatic carbocycles. The van der Waals surface area contributed by atoms with E-state index in [-0.39, 0.29) is 5.91 Å². The van der Waals surface area contributed by atoms with Crippen LogP contribution in [0.15, 0.2) is 48.5 Å². The van der Waals surface area contributed by atoms with E-state index < -0.39 is 12.1 Å². The lowest BCUT2D eigenvalue weighted by molar-refractivity contribution is -0.105. The molecule has 5 nitrogen and oxygen atoms in total. The Bertz CT molecular complexity index is 697. The number of hydrogen-bond acceptors (Lipinski definition) is 3. The highest BCUT2D eigenvalue weighted by Crippen LogP contribution is 2.31. The van der Waals surface area contributed by atoms with Crippen molar-refractivity contribution in [2.24, 2.45) is 0 Å². The lowest BCUT2D eigenvalue weighted by Gasteiger charge is -2.18. The molecule has 3 N–H and O–H groups in total. The van der Waals surface area contributed by atoms with Crippen LogP contribution in [0.5, 0.6) is 0 Å². The highest BCUT2D eigenvalue weighted by molar-refractivity contribution is 5.95. The number of fused-ring (bicyclic) bond motifs is 1. The third-order valence-corrected chi connectivity index (χ3v) is 3.86. The van der Waals surface area contributed by atoms with Crippen molar-refractivity contribution in [2.45, 2.75) is 18.6 Å². The van der Waals surface area contributed by atoms with Crippen LogP contribution in [0.3, 0.4) is 0 Å². The van der Waals surface area contributed by atoms with Gasteiger partial charge in [-0.05, 0) is 35.4 Å². The number of amides is 2. The van der Waals surface area contributed by atoms with Gasteiger partial charge in [-0.25, -0.2) is 0 Å². The molecule has 0 aliphatic heterocycles. The van der Waals surface area contributed by atoms with E-state index >= 15 is 0 Å². The lowest BCUT2D eigenvalue weighted by Crippen LogP contribution is -2.33. The Balaban J connectivity index is 1.75. The summed E-state index contributed by atoms with van der Waals surface area (Å²) in [6, 6.07) is 13.9. The second-order valence-electron chi connectivity index (χ2n) is 5.26. The molecular formula is C17H16N2O3. The predicted molar refractivity (Wildman–Crippen MR) is 82.5 cm³/mol. The first-order valence-corrected chi connectivity index (χ1v) is 7.06. The first kappa shape index (κ1) is 14.3. The van der Waals surface area contributed by atoms with Gasteiger partial charge in [0.1, 0.15) is 0 Å². The lowest BCUT2D eigenvalue weighted by atomic mass is 10.1. The average Bonchev–Trinajstić information content (AvgIpc) is 2.84. The maximum atomic E-state index is 12.3. The van der Waals surface area contributed by atoms with Crippen LogP contribution >= 0.6 is 0 Å². The van der Waals surface area contributed by atoms with E-state index in [9.17, 15) is 14.7 Å². The van der Waals surface area contributed by atoms with Crippen LogP contribution in [0.1, 0.15) is 27.5 Å². The molecule has 1 aliphatic carbocycles. The molecule has 2 amide bonds. The molecule has 2 unspecified atom stereocenters. The Kier molecular flexibility index (Phi) is 3.89. The molecule has 0 spiro atoms. The van der Waals surface area contributed by atoms with Crippen molar-refractivity contribution < 1.29 is 14.7 Å². The summed E-state index contributed by atoms with van der Waals surface area (Å²) in [5.41, 5.74) is 3.12. The smallest absolute Gasteiger partial charge is 0.251 e. The number of carbonyl (C=O) groups excluding carboxylic acids is 2. The monoisotopic (exact) mass is 296 g/mol. The fraction of sp³-hybridized carbons (Fsp3) is 0.176. The molecular weight excluding hydrogens is 280 g/mol. The summed E-state index contributed by atoms with van der Waals surface area (Å²) < 4.78 is 0. The van der Waals surface area contributed by atoms with Gasteiger partial charge in [-0.15, -0.1) is 0 Å². The fourth-order valence-corrected chi connectivity index (χ4v) is 2.76. The van der Waals surface area contributed by atoms with Crippen molar-refractivity contribution in [3.8, 4) is 0 Å². The number of rotatable bonds is 4. The average molecular weight is 296 g/mol. The van der Waals surface area contributed by atoms with Crippen molar-refractivity contribution in [2.75, 3.05) is 5.32 Å². The summed E-state index contributed by atoms with van der Waals surface area (Å²) in [5, 5.41) is 15.5. The Morgan fingerprint density at radius 3 is 2.59 bits per heavy atom. The van der Waals surface area contributed by atoms with Crippen LogP contribution in [0.25, 0.3) is 0 Å². The minimum absolute atomic E-state index is 0.251. The highest BCUT2D eigenvalue weighted by atomic mass is 16.3. The maximum Gasteiger partial charge on any atom is 0.251 e. The van der Waals surface area contributed by atoms with Crippen molar-refractivity contribution >= 4 is 18.0 Å². The van der Waals surface area contributed by atoms with Crippen LogP contribution < -0.4 is 10.6 Å². The van der Waals surface area contributed by atoms with Crippen LogP contribution in [0.4, 0.5) is 5.69 Å². The summed E-state index contributed by atoms with van der Waals surface area (Å²) in [7, 11) is 0. The van der Waals surface area contributed by atoms with E-state index in [1.165, 1.54) is 0 Å². The van der Waals surface area contributed by atoms with Crippen LogP contribution in [0.2, 0.25) is 0 Å². The minimum atomic E-state index is -0.614. The molecule has 0 bridgehead atoms. The standard InChI is InChI=1S/C17H16N2O3/c20-10-18-13-7-5-11(6-8-13)17(22)19-16-14-4-2-1-3-12(14)9-15(16)21/h1-8,10,15-16,21H,9H2,(H,18,20)(H,19,22). The highest BCUT2D eigenvalue weighted by Gasteiger charge is 2.31. The third-order valence-electron chi connectivity index (χ3n) is 3.86. The molecule has 2 aromatic rings. The zero-order chi connectivity index (χ0) is 15.5. The molecule has 0 aromatic heterocycles. The molecule has 0 saturated carbocycles. The fourth-order valence-electron chi connectivity index (χ4n) is 2.76. The van der Waals surface area contributed by atoms with Crippen LogP contribution in [-0.4, -0.2) is 23.5 Å². The molecule has 0 radical (unpaired) electrons. The number of nitrogens with one attached hydrogen (secondary N) is 2. The zero-order valence-corrected chi connectivity index (χ0v) is 11.8. The minimum Gasteiger partial charge on any atom is -0.390 e. The van der Waals surface area contributed by atoms with E-state index in [1.807, 2.05) is 24.3 Å². The summed E-state index contributed by atoms with van der Waals surface area (Å²) in [6.45, 7) is 0. The summed E-state index contributed by atoms with van der Waals surface area (Å²) in [5.74, 6) is -0.251. The van der Waals surface area contributed by atoms with Gasteiger partial charge in [0.25, 0.3) is 5.91 Å². The second-order valence-corrected chi connectivity index (χ2v) is 5.26. The molecule has 0 fully saturated rings. The van der Waals surface area contributed by atoms with Gasteiger partial charge in [-0.1, -0.05) is 24.3 Å². The van der Waals surface area contributed by atoms with Crippen LogP contribution in [0, 0.1) is 0 Å². The predicted octanol–water partition coefficient (Wildman–Crippen LogP) is 1.64. The summed E-state index contributed by atoms with van der Waals surface area (Å²) >= 11 is 0. The normalized spacial score (nSPS) is 19.3. The van der Waals surface area contributed by atoms with Gasteiger partial charge in [0, 0.05) is 17.7 Å². The molecule has 112 valence electrons.